The SMILES string of the molecule is CCCCOCCOC(=O)/C=C/c1ccc(OC)nc1. The van der Waals surface area contributed by atoms with E-state index in [-0.39, 0.29) is 12.6 Å². The smallest absolute Gasteiger partial charge is 0.330 e. The number of carbonyl (C=O) groups is 1. The van der Waals surface area contributed by atoms with Crippen LogP contribution in [0.5, 0.6) is 5.88 Å². The lowest BCUT2D eigenvalue weighted by Gasteiger charge is -2.03. The normalized spacial score (nSPS) is 10.7. The Kier molecular flexibility index (Phi) is 8.07. The fraction of sp³-hybridized carbons (Fsp3) is 0.467. The van der Waals surface area contributed by atoms with Crippen LogP contribution in [0.1, 0.15) is 25.3 Å². The van der Waals surface area contributed by atoms with Crippen LogP contribution in [-0.4, -0.2) is 37.9 Å². The van der Waals surface area contributed by atoms with E-state index in [0.717, 1.165) is 18.4 Å². The highest BCUT2D eigenvalue weighted by Crippen LogP contribution is 2.07. The number of rotatable bonds is 9. The predicted octanol–water partition coefficient (Wildman–Crippen LogP) is 2.46. The third-order valence-corrected chi connectivity index (χ3v) is 2.49. The molecule has 0 amide bonds. The Hall–Kier alpha value is -1.88. The van der Waals surface area contributed by atoms with E-state index in [4.69, 9.17) is 14.2 Å². The largest absolute Gasteiger partial charge is 0.481 e. The molecular weight excluding hydrogens is 258 g/mol. The zero-order chi connectivity index (χ0) is 14.6. The standard InChI is InChI=1S/C15H21NO4/c1-3-4-9-19-10-11-20-15(17)8-6-13-5-7-14(18-2)16-12-13/h5-8,12H,3-4,9-11H2,1-2H3/b8-6+. The van der Waals surface area contributed by atoms with E-state index in [0.29, 0.717) is 19.1 Å². The fourth-order valence-corrected chi connectivity index (χ4v) is 1.37. The first kappa shape index (κ1) is 16.2. The van der Waals surface area contributed by atoms with Gasteiger partial charge >= 0.3 is 5.97 Å². The number of aromatic nitrogens is 1. The summed E-state index contributed by atoms with van der Waals surface area (Å²) in [5.41, 5.74) is 0.807. The summed E-state index contributed by atoms with van der Waals surface area (Å²) in [4.78, 5) is 15.5. The van der Waals surface area contributed by atoms with Gasteiger partial charge in [0, 0.05) is 24.9 Å². The number of methoxy groups -OCH3 is 1. The molecule has 0 aliphatic heterocycles. The van der Waals surface area contributed by atoms with E-state index in [1.54, 1.807) is 25.4 Å². The molecule has 0 unspecified atom stereocenters. The zero-order valence-corrected chi connectivity index (χ0v) is 12.0. The van der Waals surface area contributed by atoms with Gasteiger partial charge in [-0.05, 0) is 24.1 Å². The van der Waals surface area contributed by atoms with Gasteiger partial charge in [0.15, 0.2) is 0 Å². The molecule has 0 radical (unpaired) electrons. The molecule has 0 aliphatic rings. The van der Waals surface area contributed by atoms with Crippen LogP contribution in [0.3, 0.4) is 0 Å². The van der Waals surface area contributed by atoms with E-state index in [2.05, 4.69) is 11.9 Å². The van der Waals surface area contributed by atoms with E-state index in [9.17, 15) is 4.79 Å². The molecule has 0 bridgehead atoms. The molecule has 5 heteroatoms. The average Bonchev–Trinajstić information content (AvgIpc) is 2.49. The topological polar surface area (TPSA) is 57.7 Å². The Morgan fingerprint density at radius 1 is 1.30 bits per heavy atom. The second kappa shape index (κ2) is 9.97. The summed E-state index contributed by atoms with van der Waals surface area (Å²) in [6, 6.07) is 3.54. The minimum atomic E-state index is -0.389. The van der Waals surface area contributed by atoms with Gasteiger partial charge in [0.2, 0.25) is 5.88 Å². The van der Waals surface area contributed by atoms with Crippen molar-refractivity contribution < 1.29 is 19.0 Å². The van der Waals surface area contributed by atoms with Gasteiger partial charge in [-0.2, -0.15) is 0 Å². The van der Waals surface area contributed by atoms with Crippen molar-refractivity contribution in [3.8, 4) is 5.88 Å². The van der Waals surface area contributed by atoms with Crippen LogP contribution >= 0.6 is 0 Å². The molecule has 1 heterocycles. The van der Waals surface area contributed by atoms with Crippen LogP contribution in [0.25, 0.3) is 6.08 Å². The quantitative estimate of drug-likeness (QED) is 0.395. The van der Waals surface area contributed by atoms with E-state index >= 15 is 0 Å². The minimum absolute atomic E-state index is 0.272. The highest BCUT2D eigenvalue weighted by molar-refractivity contribution is 5.86. The van der Waals surface area contributed by atoms with Crippen molar-refractivity contribution in [3.63, 3.8) is 0 Å². The highest BCUT2D eigenvalue weighted by Gasteiger charge is 1.97. The Bertz CT molecular complexity index is 414. The van der Waals surface area contributed by atoms with Crippen LogP contribution in [0.15, 0.2) is 24.4 Å². The molecule has 0 aromatic carbocycles. The third-order valence-electron chi connectivity index (χ3n) is 2.49. The van der Waals surface area contributed by atoms with Crippen LogP contribution in [0.2, 0.25) is 0 Å². The minimum Gasteiger partial charge on any atom is -0.481 e. The lowest BCUT2D eigenvalue weighted by Crippen LogP contribution is -2.09. The molecule has 0 spiro atoms. The van der Waals surface area contributed by atoms with Crippen LogP contribution in [0, 0.1) is 0 Å². The third kappa shape index (κ3) is 6.89. The molecule has 1 aromatic rings. The van der Waals surface area contributed by atoms with Crippen molar-refractivity contribution in [2.45, 2.75) is 19.8 Å². The van der Waals surface area contributed by atoms with Gasteiger partial charge in [-0.25, -0.2) is 9.78 Å². The molecule has 20 heavy (non-hydrogen) atoms. The Balaban J connectivity index is 2.22. The maximum absolute atomic E-state index is 11.4. The number of carbonyl (C=O) groups excluding carboxylic acids is 1. The van der Waals surface area contributed by atoms with Gasteiger partial charge < -0.3 is 14.2 Å². The summed E-state index contributed by atoms with van der Waals surface area (Å²) in [6.07, 6.45) is 6.76. The maximum Gasteiger partial charge on any atom is 0.330 e. The molecule has 5 nitrogen and oxygen atoms in total. The summed E-state index contributed by atoms with van der Waals surface area (Å²) >= 11 is 0. The molecule has 1 aromatic heterocycles. The summed E-state index contributed by atoms with van der Waals surface area (Å²) in [5, 5.41) is 0. The Morgan fingerprint density at radius 2 is 2.15 bits per heavy atom. The van der Waals surface area contributed by atoms with E-state index in [1.807, 2.05) is 6.07 Å². The number of hydrogen-bond acceptors (Lipinski definition) is 5. The van der Waals surface area contributed by atoms with E-state index < -0.39 is 0 Å². The molecule has 0 aliphatic carbocycles. The van der Waals surface area contributed by atoms with Gasteiger partial charge in [0.05, 0.1) is 13.7 Å². The van der Waals surface area contributed by atoms with Crippen LogP contribution < -0.4 is 4.74 Å². The average molecular weight is 279 g/mol. The molecule has 0 atom stereocenters. The number of hydrogen-bond donors (Lipinski definition) is 0. The van der Waals surface area contributed by atoms with Crippen LogP contribution in [0.4, 0.5) is 0 Å². The van der Waals surface area contributed by atoms with Crippen molar-refractivity contribution in [1.82, 2.24) is 4.98 Å². The van der Waals surface area contributed by atoms with Crippen molar-refractivity contribution >= 4 is 12.0 Å². The monoisotopic (exact) mass is 279 g/mol. The van der Waals surface area contributed by atoms with Gasteiger partial charge in [0.1, 0.15) is 6.61 Å². The molecule has 0 saturated carbocycles. The number of unbranched alkanes of at least 4 members (excludes halogenated alkanes) is 1. The fourth-order valence-electron chi connectivity index (χ4n) is 1.37. The maximum atomic E-state index is 11.4. The summed E-state index contributed by atoms with van der Waals surface area (Å²) < 4.78 is 15.2. The number of pyridine rings is 1. The van der Waals surface area contributed by atoms with Crippen LogP contribution in [-0.2, 0) is 14.3 Å². The van der Waals surface area contributed by atoms with Gasteiger partial charge in [-0.15, -0.1) is 0 Å². The van der Waals surface area contributed by atoms with Crippen molar-refractivity contribution in [2.24, 2.45) is 0 Å². The molecule has 110 valence electrons. The first-order valence-electron chi connectivity index (χ1n) is 6.69. The summed E-state index contributed by atoms with van der Waals surface area (Å²) in [7, 11) is 1.55. The second-order valence-electron chi connectivity index (χ2n) is 4.10. The molecule has 0 N–H and O–H groups in total. The van der Waals surface area contributed by atoms with Crippen molar-refractivity contribution in [3.05, 3.63) is 30.0 Å². The Morgan fingerprint density at radius 3 is 2.80 bits per heavy atom. The van der Waals surface area contributed by atoms with Gasteiger partial charge in [-0.3, -0.25) is 0 Å². The summed E-state index contributed by atoms with van der Waals surface area (Å²) in [5.74, 6) is 0.147. The first-order chi connectivity index (χ1) is 9.76. The molecule has 0 saturated heterocycles. The number of ether oxygens (including phenoxy) is 3. The number of esters is 1. The Labute approximate surface area is 119 Å². The predicted molar refractivity (Wildman–Crippen MR) is 76.5 cm³/mol. The van der Waals surface area contributed by atoms with Crippen molar-refractivity contribution in [1.29, 1.82) is 0 Å². The molecular formula is C15H21NO4. The van der Waals surface area contributed by atoms with E-state index in [1.165, 1.54) is 6.08 Å². The lowest BCUT2D eigenvalue weighted by atomic mass is 10.2. The van der Waals surface area contributed by atoms with Gasteiger partial charge in [-0.1, -0.05) is 13.3 Å². The molecule has 1 rings (SSSR count). The second-order valence-corrected chi connectivity index (χ2v) is 4.10. The zero-order valence-electron chi connectivity index (χ0n) is 12.0. The lowest BCUT2D eigenvalue weighted by molar-refractivity contribution is -0.139. The van der Waals surface area contributed by atoms with Gasteiger partial charge in [0.25, 0.3) is 0 Å². The number of nitrogens with zero attached hydrogens (tertiary/aromatic N) is 1. The summed E-state index contributed by atoms with van der Waals surface area (Å²) in [6.45, 7) is 3.51. The van der Waals surface area contributed by atoms with Crippen molar-refractivity contribution in [2.75, 3.05) is 26.9 Å². The molecule has 0 fully saturated rings. The first-order valence-corrected chi connectivity index (χ1v) is 6.69. The highest BCUT2D eigenvalue weighted by atomic mass is 16.6.